The Morgan fingerprint density at radius 3 is 2.34 bits per heavy atom. The van der Waals surface area contributed by atoms with Gasteiger partial charge in [0.15, 0.2) is 0 Å². The van der Waals surface area contributed by atoms with Gasteiger partial charge >= 0.3 is 6.09 Å². The lowest BCUT2D eigenvalue weighted by Crippen LogP contribution is -2.55. The number of hydrogen-bond acceptors (Lipinski definition) is 6. The van der Waals surface area contributed by atoms with Crippen LogP contribution in [-0.2, 0) is 19.1 Å². The van der Waals surface area contributed by atoms with Crippen molar-refractivity contribution in [3.05, 3.63) is 29.3 Å². The third kappa shape index (κ3) is 11.2. The molecule has 2 atom stereocenters. The Labute approximate surface area is 244 Å². The van der Waals surface area contributed by atoms with E-state index in [0.29, 0.717) is 12.0 Å². The standard InChI is InChI=1S/C31H50N4O6/c1-6-7-8-9-13-19-35(29(39)24(20-25(32)36)34-30(40)41-31(3,4)5)26(23-18-14-15-21(2)27(23)37)28(38)33-22-16-11-10-12-17-22/h14-15,18,22,24,26,37H,6-13,16-17,19-20H2,1-5H3,(H2,32,36)(H,33,38)(H,34,40). The van der Waals surface area contributed by atoms with Gasteiger partial charge in [-0.1, -0.05) is 70.1 Å². The number of rotatable bonds is 14. The molecule has 10 heteroatoms. The summed E-state index contributed by atoms with van der Waals surface area (Å²) in [5.74, 6) is -1.92. The number of aryl methyl sites for hydroxylation is 1. The quantitative estimate of drug-likeness (QED) is 0.235. The molecule has 2 rings (SSSR count). The lowest BCUT2D eigenvalue weighted by molar-refractivity contribution is -0.143. The lowest BCUT2D eigenvalue weighted by atomic mass is 9.94. The number of ether oxygens (including phenoxy) is 1. The van der Waals surface area contributed by atoms with E-state index in [1.54, 1.807) is 45.9 Å². The van der Waals surface area contributed by atoms with Gasteiger partial charge in [0.25, 0.3) is 0 Å². The summed E-state index contributed by atoms with van der Waals surface area (Å²) < 4.78 is 5.34. The average molecular weight is 575 g/mol. The van der Waals surface area contributed by atoms with Crippen LogP contribution in [0.3, 0.4) is 0 Å². The number of phenols is 1. The van der Waals surface area contributed by atoms with Crippen molar-refractivity contribution in [1.82, 2.24) is 15.5 Å². The maximum absolute atomic E-state index is 14.2. The fourth-order valence-electron chi connectivity index (χ4n) is 5.18. The van der Waals surface area contributed by atoms with Crippen LogP contribution in [-0.4, -0.2) is 58.1 Å². The molecule has 0 spiro atoms. The molecule has 0 heterocycles. The first-order valence-corrected chi connectivity index (χ1v) is 15.0. The molecule has 10 nitrogen and oxygen atoms in total. The van der Waals surface area contributed by atoms with Gasteiger partial charge in [-0.25, -0.2) is 4.79 Å². The van der Waals surface area contributed by atoms with Crippen LogP contribution in [0.4, 0.5) is 4.79 Å². The van der Waals surface area contributed by atoms with Gasteiger partial charge in [-0.15, -0.1) is 0 Å². The molecule has 0 radical (unpaired) electrons. The van der Waals surface area contributed by atoms with E-state index in [1.807, 2.05) is 0 Å². The molecule has 1 aromatic rings. The van der Waals surface area contributed by atoms with Gasteiger partial charge in [-0.3, -0.25) is 14.4 Å². The number of carbonyl (C=O) groups is 4. The number of nitrogens with one attached hydrogen (secondary N) is 2. The number of phenolic OH excluding ortho intramolecular Hbond substituents is 1. The van der Waals surface area contributed by atoms with Gasteiger partial charge in [0.2, 0.25) is 17.7 Å². The molecule has 230 valence electrons. The number of nitrogens with two attached hydrogens (primary N) is 1. The van der Waals surface area contributed by atoms with Crippen LogP contribution < -0.4 is 16.4 Å². The highest BCUT2D eigenvalue weighted by Gasteiger charge is 2.38. The van der Waals surface area contributed by atoms with E-state index in [1.165, 1.54) is 4.90 Å². The van der Waals surface area contributed by atoms with Crippen molar-refractivity contribution < 1.29 is 29.0 Å². The summed E-state index contributed by atoms with van der Waals surface area (Å²) in [6.07, 6.45) is 7.95. The topological polar surface area (TPSA) is 151 Å². The molecule has 1 aliphatic rings. The van der Waals surface area contributed by atoms with E-state index in [9.17, 15) is 24.3 Å². The van der Waals surface area contributed by atoms with Crippen molar-refractivity contribution in [2.45, 2.75) is 129 Å². The first-order chi connectivity index (χ1) is 19.3. The zero-order chi connectivity index (χ0) is 30.6. The Morgan fingerprint density at radius 1 is 1.07 bits per heavy atom. The number of benzene rings is 1. The van der Waals surface area contributed by atoms with Crippen molar-refractivity contribution in [3.63, 3.8) is 0 Å². The zero-order valence-electron chi connectivity index (χ0n) is 25.5. The second-order valence-electron chi connectivity index (χ2n) is 12.1. The second kappa shape index (κ2) is 16.2. The normalized spacial score (nSPS) is 15.4. The van der Waals surface area contributed by atoms with Gasteiger partial charge in [0, 0.05) is 18.2 Å². The van der Waals surface area contributed by atoms with Crippen molar-refractivity contribution in [2.24, 2.45) is 5.73 Å². The Morgan fingerprint density at radius 2 is 1.73 bits per heavy atom. The minimum Gasteiger partial charge on any atom is -0.507 e. The number of amides is 4. The number of nitrogens with zero attached hydrogens (tertiary/aromatic N) is 1. The van der Waals surface area contributed by atoms with E-state index >= 15 is 0 Å². The average Bonchev–Trinajstić information content (AvgIpc) is 2.88. The number of carbonyl (C=O) groups excluding carboxylic acids is 4. The number of para-hydroxylation sites is 1. The van der Waals surface area contributed by atoms with Crippen molar-refractivity contribution in [1.29, 1.82) is 0 Å². The first kappa shape index (κ1) is 33.9. The third-order valence-corrected chi connectivity index (χ3v) is 7.26. The van der Waals surface area contributed by atoms with Crippen LogP contribution in [0.25, 0.3) is 0 Å². The molecule has 41 heavy (non-hydrogen) atoms. The summed E-state index contributed by atoms with van der Waals surface area (Å²) in [4.78, 5) is 54.2. The largest absolute Gasteiger partial charge is 0.507 e. The molecule has 1 fully saturated rings. The van der Waals surface area contributed by atoms with E-state index < -0.39 is 47.9 Å². The minimum absolute atomic E-state index is 0.0338. The molecule has 0 bridgehead atoms. The Kier molecular flexibility index (Phi) is 13.4. The fraction of sp³-hybridized carbons (Fsp3) is 0.677. The maximum Gasteiger partial charge on any atom is 0.408 e. The summed E-state index contributed by atoms with van der Waals surface area (Å²) in [5.41, 5.74) is 5.50. The predicted molar refractivity (Wildman–Crippen MR) is 158 cm³/mol. The summed E-state index contributed by atoms with van der Waals surface area (Å²) in [6, 6.07) is 2.53. The molecular formula is C31H50N4O6. The van der Waals surface area contributed by atoms with Gasteiger partial charge in [0.1, 0.15) is 23.4 Å². The highest BCUT2D eigenvalue weighted by molar-refractivity contribution is 5.95. The van der Waals surface area contributed by atoms with Crippen LogP contribution in [0.1, 0.15) is 115 Å². The molecule has 0 saturated heterocycles. The summed E-state index contributed by atoms with van der Waals surface area (Å²) in [7, 11) is 0. The number of hydrogen-bond donors (Lipinski definition) is 4. The molecule has 5 N–H and O–H groups in total. The molecule has 1 aliphatic carbocycles. The SMILES string of the molecule is CCCCCCCN(C(=O)C(CC(N)=O)NC(=O)OC(C)(C)C)C(C(=O)NC1CCCCC1)c1cccc(C)c1O. The van der Waals surface area contributed by atoms with E-state index in [2.05, 4.69) is 17.6 Å². The van der Waals surface area contributed by atoms with Crippen molar-refractivity contribution >= 4 is 23.8 Å². The third-order valence-electron chi connectivity index (χ3n) is 7.26. The van der Waals surface area contributed by atoms with Gasteiger partial charge in [-0.2, -0.15) is 0 Å². The smallest absolute Gasteiger partial charge is 0.408 e. The van der Waals surface area contributed by atoms with Crippen molar-refractivity contribution in [2.75, 3.05) is 6.54 Å². The van der Waals surface area contributed by atoms with Gasteiger partial charge < -0.3 is 31.1 Å². The first-order valence-electron chi connectivity index (χ1n) is 15.0. The summed E-state index contributed by atoms with van der Waals surface area (Å²) >= 11 is 0. The summed E-state index contributed by atoms with van der Waals surface area (Å²) in [6.45, 7) is 9.08. The van der Waals surface area contributed by atoms with Gasteiger partial charge in [0.05, 0.1) is 6.42 Å². The van der Waals surface area contributed by atoms with Crippen LogP contribution in [0.2, 0.25) is 0 Å². The Hall–Kier alpha value is -3.30. The second-order valence-corrected chi connectivity index (χ2v) is 12.1. The molecular weight excluding hydrogens is 524 g/mol. The molecule has 1 aromatic carbocycles. The number of alkyl carbamates (subject to hydrolysis) is 1. The lowest BCUT2D eigenvalue weighted by Gasteiger charge is -2.36. The monoisotopic (exact) mass is 574 g/mol. The predicted octanol–water partition coefficient (Wildman–Crippen LogP) is 4.76. The van der Waals surface area contributed by atoms with Crippen LogP contribution >= 0.6 is 0 Å². The van der Waals surface area contributed by atoms with Crippen molar-refractivity contribution in [3.8, 4) is 5.75 Å². The molecule has 4 amide bonds. The van der Waals surface area contributed by atoms with Gasteiger partial charge in [-0.05, 0) is 52.5 Å². The van der Waals surface area contributed by atoms with Crippen LogP contribution in [0.15, 0.2) is 18.2 Å². The maximum atomic E-state index is 14.2. The van der Waals surface area contributed by atoms with Crippen LogP contribution in [0.5, 0.6) is 5.75 Å². The zero-order valence-corrected chi connectivity index (χ0v) is 25.5. The Balaban J connectivity index is 2.52. The molecule has 0 aliphatic heterocycles. The number of unbranched alkanes of at least 4 members (excludes halogenated alkanes) is 4. The molecule has 2 unspecified atom stereocenters. The number of aromatic hydroxyl groups is 1. The van der Waals surface area contributed by atoms with E-state index in [0.717, 1.165) is 57.8 Å². The summed E-state index contributed by atoms with van der Waals surface area (Å²) in [5, 5.41) is 16.7. The highest BCUT2D eigenvalue weighted by atomic mass is 16.6. The Bertz CT molecular complexity index is 1030. The minimum atomic E-state index is -1.35. The fourth-order valence-corrected chi connectivity index (χ4v) is 5.18. The number of primary amides is 1. The molecule has 1 saturated carbocycles. The van der Waals surface area contributed by atoms with E-state index in [4.69, 9.17) is 10.5 Å². The molecule has 0 aromatic heterocycles. The van der Waals surface area contributed by atoms with Crippen LogP contribution in [0, 0.1) is 6.92 Å². The van der Waals surface area contributed by atoms with E-state index in [-0.39, 0.29) is 23.9 Å². The highest BCUT2D eigenvalue weighted by Crippen LogP contribution is 2.33.